The van der Waals surface area contributed by atoms with Crippen molar-refractivity contribution < 1.29 is 4.79 Å². The Morgan fingerprint density at radius 2 is 1.95 bits per heavy atom. The molecule has 1 heterocycles. The number of carbonyl (C=O) groups excluding carboxylic acids is 1. The van der Waals surface area contributed by atoms with Crippen molar-refractivity contribution in [3.05, 3.63) is 58.8 Å². The highest BCUT2D eigenvalue weighted by molar-refractivity contribution is 9.10. The van der Waals surface area contributed by atoms with Crippen molar-refractivity contribution in [2.75, 3.05) is 5.75 Å². The number of nitrogens with zero attached hydrogens (tertiary/aromatic N) is 1. The smallest absolute Gasteiger partial charge is 0.230 e. The maximum atomic E-state index is 11.9. The van der Waals surface area contributed by atoms with Gasteiger partial charge in [0.05, 0.1) is 23.3 Å². The van der Waals surface area contributed by atoms with Crippen molar-refractivity contribution in [1.82, 2.24) is 15.3 Å². The summed E-state index contributed by atoms with van der Waals surface area (Å²) in [5.41, 5.74) is 1.90. The topological polar surface area (TPSA) is 57.8 Å². The van der Waals surface area contributed by atoms with E-state index in [1.54, 1.807) is 0 Å². The fourth-order valence-corrected chi connectivity index (χ4v) is 3.00. The van der Waals surface area contributed by atoms with Gasteiger partial charge in [0.2, 0.25) is 5.91 Å². The summed E-state index contributed by atoms with van der Waals surface area (Å²) in [6, 6.07) is 15.7. The number of rotatable bonds is 5. The zero-order chi connectivity index (χ0) is 15.4. The van der Waals surface area contributed by atoms with Crippen LogP contribution in [-0.2, 0) is 11.3 Å². The molecule has 0 saturated carbocycles. The quantitative estimate of drug-likeness (QED) is 0.667. The standard InChI is InChI=1S/C16H14BrN3OS/c17-11-5-7-12(8-6-11)22-10-16(21)18-9-15-19-13-3-1-2-4-14(13)20-15/h1-8H,9-10H2,(H,18,21)(H,19,20). The molecular weight excluding hydrogens is 362 g/mol. The van der Waals surface area contributed by atoms with E-state index in [0.717, 1.165) is 26.2 Å². The monoisotopic (exact) mass is 375 g/mol. The molecule has 2 N–H and O–H groups in total. The summed E-state index contributed by atoms with van der Waals surface area (Å²) in [6.45, 7) is 0.411. The molecule has 0 aliphatic carbocycles. The van der Waals surface area contributed by atoms with Crippen LogP contribution in [0.15, 0.2) is 57.9 Å². The normalized spacial score (nSPS) is 10.8. The molecule has 4 nitrogen and oxygen atoms in total. The molecule has 0 bridgehead atoms. The fourth-order valence-electron chi connectivity index (χ4n) is 2.00. The lowest BCUT2D eigenvalue weighted by Crippen LogP contribution is -2.25. The van der Waals surface area contributed by atoms with Crippen LogP contribution in [-0.4, -0.2) is 21.6 Å². The van der Waals surface area contributed by atoms with Crippen LogP contribution in [0, 0.1) is 0 Å². The Kier molecular flexibility index (Phi) is 4.80. The van der Waals surface area contributed by atoms with Gasteiger partial charge in [0.15, 0.2) is 0 Å². The number of imidazole rings is 1. The molecular formula is C16H14BrN3OS. The molecule has 3 rings (SSSR count). The van der Waals surface area contributed by atoms with Crippen molar-refractivity contribution in [3.8, 4) is 0 Å². The number of halogens is 1. The second-order valence-electron chi connectivity index (χ2n) is 4.72. The predicted molar refractivity (Wildman–Crippen MR) is 92.8 cm³/mol. The second kappa shape index (κ2) is 6.98. The van der Waals surface area contributed by atoms with Crippen molar-refractivity contribution in [2.24, 2.45) is 0 Å². The van der Waals surface area contributed by atoms with Gasteiger partial charge >= 0.3 is 0 Å². The van der Waals surface area contributed by atoms with Gasteiger partial charge in [0.25, 0.3) is 0 Å². The molecule has 1 aromatic heterocycles. The number of H-pyrrole nitrogens is 1. The number of amides is 1. The van der Waals surface area contributed by atoms with Crippen LogP contribution in [0.5, 0.6) is 0 Å². The van der Waals surface area contributed by atoms with Gasteiger partial charge in [-0.3, -0.25) is 4.79 Å². The molecule has 0 aliphatic rings. The minimum Gasteiger partial charge on any atom is -0.348 e. The highest BCUT2D eigenvalue weighted by atomic mass is 79.9. The fraction of sp³-hybridized carbons (Fsp3) is 0.125. The molecule has 1 amide bonds. The van der Waals surface area contributed by atoms with E-state index in [4.69, 9.17) is 0 Å². The van der Waals surface area contributed by atoms with Crippen LogP contribution in [0.3, 0.4) is 0 Å². The Morgan fingerprint density at radius 3 is 2.73 bits per heavy atom. The minimum atomic E-state index is -0.00613. The van der Waals surface area contributed by atoms with Gasteiger partial charge in [-0.1, -0.05) is 28.1 Å². The first-order valence-corrected chi connectivity index (χ1v) is 8.57. The SMILES string of the molecule is O=C(CSc1ccc(Br)cc1)NCc1nc2ccccc2[nH]1. The van der Waals surface area contributed by atoms with Crippen LogP contribution in [0.1, 0.15) is 5.82 Å². The molecule has 0 atom stereocenters. The average molecular weight is 376 g/mol. The maximum absolute atomic E-state index is 11.9. The van der Waals surface area contributed by atoms with E-state index in [-0.39, 0.29) is 5.91 Å². The highest BCUT2D eigenvalue weighted by Gasteiger charge is 2.06. The average Bonchev–Trinajstić information content (AvgIpc) is 2.95. The third-order valence-corrected chi connectivity index (χ3v) is 4.62. The molecule has 0 radical (unpaired) electrons. The van der Waals surface area contributed by atoms with E-state index in [2.05, 4.69) is 31.2 Å². The number of aromatic nitrogens is 2. The number of thioether (sulfide) groups is 1. The number of hydrogen-bond acceptors (Lipinski definition) is 3. The summed E-state index contributed by atoms with van der Waals surface area (Å²) in [7, 11) is 0. The highest BCUT2D eigenvalue weighted by Crippen LogP contribution is 2.20. The third-order valence-electron chi connectivity index (χ3n) is 3.07. The van der Waals surface area contributed by atoms with Crippen molar-refractivity contribution in [3.63, 3.8) is 0 Å². The van der Waals surface area contributed by atoms with Gasteiger partial charge in [-0.05, 0) is 36.4 Å². The Labute approximate surface area is 140 Å². The maximum Gasteiger partial charge on any atom is 0.230 e. The van der Waals surface area contributed by atoms with Crippen molar-refractivity contribution in [1.29, 1.82) is 0 Å². The predicted octanol–water partition coefficient (Wildman–Crippen LogP) is 3.73. The van der Waals surface area contributed by atoms with Crippen LogP contribution in [0.2, 0.25) is 0 Å². The Hall–Kier alpha value is -1.79. The molecule has 22 heavy (non-hydrogen) atoms. The Balaban J connectivity index is 1.50. The Morgan fingerprint density at radius 1 is 1.18 bits per heavy atom. The lowest BCUT2D eigenvalue weighted by molar-refractivity contribution is -0.118. The molecule has 0 aliphatic heterocycles. The third kappa shape index (κ3) is 3.90. The summed E-state index contributed by atoms with van der Waals surface area (Å²) >= 11 is 4.91. The molecule has 0 spiro atoms. The minimum absolute atomic E-state index is 0.00613. The first kappa shape index (κ1) is 15.1. The number of nitrogens with one attached hydrogen (secondary N) is 2. The van der Waals surface area contributed by atoms with Crippen LogP contribution in [0.25, 0.3) is 11.0 Å². The van der Waals surface area contributed by atoms with Crippen molar-refractivity contribution in [2.45, 2.75) is 11.4 Å². The lowest BCUT2D eigenvalue weighted by Gasteiger charge is -2.03. The zero-order valence-electron chi connectivity index (χ0n) is 11.7. The first-order valence-electron chi connectivity index (χ1n) is 6.79. The number of fused-ring (bicyclic) bond motifs is 1. The summed E-state index contributed by atoms with van der Waals surface area (Å²) in [4.78, 5) is 20.6. The van der Waals surface area contributed by atoms with Gasteiger partial charge in [0, 0.05) is 9.37 Å². The zero-order valence-corrected chi connectivity index (χ0v) is 14.1. The summed E-state index contributed by atoms with van der Waals surface area (Å²) in [5, 5.41) is 2.88. The number of carbonyl (C=O) groups is 1. The molecule has 0 saturated heterocycles. The van der Waals surface area contributed by atoms with Gasteiger partial charge in [0.1, 0.15) is 5.82 Å². The van der Waals surface area contributed by atoms with Gasteiger partial charge < -0.3 is 10.3 Å². The summed E-state index contributed by atoms with van der Waals surface area (Å²) < 4.78 is 1.03. The number of hydrogen-bond donors (Lipinski definition) is 2. The van der Waals surface area contributed by atoms with E-state index >= 15 is 0 Å². The van der Waals surface area contributed by atoms with Crippen LogP contribution in [0.4, 0.5) is 0 Å². The van der Waals surface area contributed by atoms with Gasteiger partial charge in [-0.15, -0.1) is 11.8 Å². The van der Waals surface area contributed by atoms with E-state index in [1.165, 1.54) is 11.8 Å². The summed E-state index contributed by atoms with van der Waals surface area (Å²) in [6.07, 6.45) is 0. The van der Waals surface area contributed by atoms with E-state index in [9.17, 15) is 4.79 Å². The molecule has 0 unspecified atom stereocenters. The van der Waals surface area contributed by atoms with Crippen LogP contribution < -0.4 is 5.32 Å². The van der Waals surface area contributed by atoms with Crippen LogP contribution >= 0.6 is 27.7 Å². The van der Waals surface area contributed by atoms with E-state index in [1.807, 2.05) is 48.5 Å². The molecule has 2 aromatic carbocycles. The van der Waals surface area contributed by atoms with Gasteiger partial charge in [-0.2, -0.15) is 0 Å². The molecule has 112 valence electrons. The molecule has 0 fully saturated rings. The first-order chi connectivity index (χ1) is 10.7. The number of benzene rings is 2. The Bertz CT molecular complexity index is 752. The largest absolute Gasteiger partial charge is 0.348 e. The second-order valence-corrected chi connectivity index (χ2v) is 6.68. The van der Waals surface area contributed by atoms with Gasteiger partial charge in [-0.25, -0.2) is 4.98 Å². The lowest BCUT2D eigenvalue weighted by atomic mass is 10.3. The molecule has 6 heteroatoms. The van der Waals surface area contributed by atoms with Crippen molar-refractivity contribution >= 4 is 44.6 Å². The van der Waals surface area contributed by atoms with E-state index in [0.29, 0.717) is 12.3 Å². The van der Waals surface area contributed by atoms with E-state index < -0.39 is 0 Å². The number of para-hydroxylation sites is 2. The molecule has 3 aromatic rings. The number of aromatic amines is 1. The summed E-state index contributed by atoms with van der Waals surface area (Å²) in [5.74, 6) is 1.15.